The molecule has 0 aromatic rings. The smallest absolute Gasteiger partial charge is 0.232 e. The molecule has 0 aromatic carbocycles. The molecule has 3 heteroatoms. The average molecular weight is 101 g/mol. The summed E-state index contributed by atoms with van der Waals surface area (Å²) < 4.78 is 9.50. The third-order valence-corrected chi connectivity index (χ3v) is 0.837. The van der Waals surface area contributed by atoms with Crippen LogP contribution in [0.2, 0.25) is 0 Å². The molecule has 0 saturated heterocycles. The zero-order valence-electron chi connectivity index (χ0n) is 4.10. The molecular formula is C4H7NO2. The number of rotatable bonds is 0. The van der Waals surface area contributed by atoms with Gasteiger partial charge in [0.15, 0.2) is 5.76 Å². The molecule has 2 N–H and O–H groups in total. The Balaban J connectivity index is 2.64. The maximum absolute atomic E-state index is 5.21. The van der Waals surface area contributed by atoms with Crippen LogP contribution >= 0.6 is 0 Å². The minimum atomic E-state index is 0.275. The normalized spacial score (nSPS) is 19.0. The molecule has 0 radical (unpaired) electrons. The molecule has 0 spiro atoms. The molecule has 0 aromatic heterocycles. The van der Waals surface area contributed by atoms with Crippen LogP contribution in [0.15, 0.2) is 11.6 Å². The highest BCUT2D eigenvalue weighted by Crippen LogP contribution is 2.08. The molecule has 7 heavy (non-hydrogen) atoms. The van der Waals surface area contributed by atoms with Crippen molar-refractivity contribution in [2.75, 3.05) is 6.79 Å². The Morgan fingerprint density at radius 1 is 1.57 bits per heavy atom. The van der Waals surface area contributed by atoms with Gasteiger partial charge in [0.2, 0.25) is 12.7 Å². The van der Waals surface area contributed by atoms with E-state index < -0.39 is 0 Å². The van der Waals surface area contributed by atoms with Crippen LogP contribution in [-0.4, -0.2) is 6.79 Å². The molecule has 0 unspecified atom stereocenters. The lowest BCUT2D eigenvalue weighted by Crippen LogP contribution is -1.96. The highest BCUT2D eigenvalue weighted by molar-refractivity contribution is 4.95. The lowest BCUT2D eigenvalue weighted by atomic mass is 10.6. The van der Waals surface area contributed by atoms with Gasteiger partial charge in [-0.3, -0.25) is 0 Å². The van der Waals surface area contributed by atoms with E-state index in [1.54, 1.807) is 6.92 Å². The molecule has 1 heterocycles. The minimum Gasteiger partial charge on any atom is -0.457 e. The van der Waals surface area contributed by atoms with Crippen molar-refractivity contribution in [2.24, 2.45) is 5.73 Å². The predicted octanol–water partition coefficient (Wildman–Crippen LogP) is 0.138. The van der Waals surface area contributed by atoms with Gasteiger partial charge in [0.1, 0.15) is 0 Å². The first-order valence-corrected chi connectivity index (χ1v) is 2.02. The first kappa shape index (κ1) is 4.30. The molecule has 40 valence electrons. The molecule has 3 nitrogen and oxygen atoms in total. The van der Waals surface area contributed by atoms with Crippen LogP contribution in [0.4, 0.5) is 0 Å². The van der Waals surface area contributed by atoms with E-state index in [0.717, 1.165) is 0 Å². The van der Waals surface area contributed by atoms with Gasteiger partial charge >= 0.3 is 0 Å². The summed E-state index contributed by atoms with van der Waals surface area (Å²) in [6, 6.07) is 0. The van der Waals surface area contributed by atoms with Gasteiger partial charge in [-0.25, -0.2) is 0 Å². The van der Waals surface area contributed by atoms with Crippen LogP contribution in [0.5, 0.6) is 0 Å². The number of hydrogen-bond acceptors (Lipinski definition) is 3. The number of hydrogen-bond donors (Lipinski definition) is 1. The second kappa shape index (κ2) is 1.33. The van der Waals surface area contributed by atoms with Gasteiger partial charge in [-0.1, -0.05) is 0 Å². The number of ether oxygens (including phenoxy) is 2. The van der Waals surface area contributed by atoms with Crippen molar-refractivity contribution in [2.45, 2.75) is 6.92 Å². The van der Waals surface area contributed by atoms with Gasteiger partial charge in [-0.15, -0.1) is 0 Å². The van der Waals surface area contributed by atoms with Gasteiger partial charge in [0.25, 0.3) is 0 Å². The van der Waals surface area contributed by atoms with Crippen LogP contribution in [0.3, 0.4) is 0 Å². The SMILES string of the molecule is CC1=C(N)OCO1. The summed E-state index contributed by atoms with van der Waals surface area (Å²) in [5.41, 5.74) is 5.21. The summed E-state index contributed by atoms with van der Waals surface area (Å²) >= 11 is 0. The van der Waals surface area contributed by atoms with E-state index in [1.165, 1.54) is 0 Å². The molecule has 1 rings (SSSR count). The van der Waals surface area contributed by atoms with Gasteiger partial charge in [-0.2, -0.15) is 0 Å². The maximum Gasteiger partial charge on any atom is 0.232 e. The summed E-state index contributed by atoms with van der Waals surface area (Å²) in [6.07, 6.45) is 0. The maximum atomic E-state index is 5.21. The van der Waals surface area contributed by atoms with E-state index >= 15 is 0 Å². The van der Waals surface area contributed by atoms with Crippen molar-refractivity contribution >= 4 is 0 Å². The third kappa shape index (κ3) is 0.607. The van der Waals surface area contributed by atoms with E-state index in [0.29, 0.717) is 11.6 Å². The molecule has 0 aliphatic carbocycles. The summed E-state index contributed by atoms with van der Waals surface area (Å²) in [4.78, 5) is 0. The van der Waals surface area contributed by atoms with Crippen molar-refractivity contribution in [1.29, 1.82) is 0 Å². The Morgan fingerprint density at radius 3 is 2.43 bits per heavy atom. The molecule has 0 saturated carbocycles. The minimum absolute atomic E-state index is 0.275. The van der Waals surface area contributed by atoms with E-state index in [-0.39, 0.29) is 6.79 Å². The van der Waals surface area contributed by atoms with Crippen LogP contribution in [-0.2, 0) is 9.47 Å². The lowest BCUT2D eigenvalue weighted by Gasteiger charge is -1.86. The van der Waals surface area contributed by atoms with Crippen molar-refractivity contribution in [3.05, 3.63) is 11.6 Å². The highest BCUT2D eigenvalue weighted by Gasteiger charge is 2.06. The third-order valence-electron chi connectivity index (χ3n) is 0.837. The monoisotopic (exact) mass is 101 g/mol. The first-order valence-electron chi connectivity index (χ1n) is 2.02. The number of nitrogens with two attached hydrogens (primary N) is 1. The quantitative estimate of drug-likeness (QED) is 0.472. The zero-order valence-corrected chi connectivity index (χ0v) is 4.10. The first-order chi connectivity index (χ1) is 3.30. The fourth-order valence-electron chi connectivity index (χ4n) is 0.354. The van der Waals surface area contributed by atoms with E-state index in [4.69, 9.17) is 15.2 Å². The number of allylic oxidation sites excluding steroid dienone is 1. The Morgan fingerprint density at radius 2 is 2.29 bits per heavy atom. The van der Waals surface area contributed by atoms with E-state index in [2.05, 4.69) is 0 Å². The average Bonchev–Trinajstić information content (AvgIpc) is 1.91. The van der Waals surface area contributed by atoms with Crippen LogP contribution in [0, 0.1) is 0 Å². The summed E-state index contributed by atoms with van der Waals surface area (Å²) in [5.74, 6) is 1.08. The molecule has 0 amide bonds. The van der Waals surface area contributed by atoms with E-state index in [9.17, 15) is 0 Å². The van der Waals surface area contributed by atoms with Crippen LogP contribution < -0.4 is 5.73 Å². The topological polar surface area (TPSA) is 44.5 Å². The van der Waals surface area contributed by atoms with Crippen molar-refractivity contribution in [1.82, 2.24) is 0 Å². The Bertz CT molecular complexity index is 96.3. The Hall–Kier alpha value is -0.860. The second-order valence-electron chi connectivity index (χ2n) is 1.33. The Kier molecular flexibility index (Phi) is 0.817. The largest absolute Gasteiger partial charge is 0.457 e. The standard InChI is InChI=1S/C4H7NO2/c1-3-4(5)7-2-6-3/h2,5H2,1H3. The lowest BCUT2D eigenvalue weighted by molar-refractivity contribution is 0.0712. The highest BCUT2D eigenvalue weighted by atomic mass is 16.7. The van der Waals surface area contributed by atoms with Crippen molar-refractivity contribution < 1.29 is 9.47 Å². The van der Waals surface area contributed by atoms with Crippen LogP contribution in [0.1, 0.15) is 6.92 Å². The molecular weight excluding hydrogens is 94.0 g/mol. The molecule has 0 bridgehead atoms. The molecule has 1 aliphatic rings. The molecule has 1 aliphatic heterocycles. The fraction of sp³-hybridized carbons (Fsp3) is 0.500. The summed E-state index contributed by atoms with van der Waals surface area (Å²) in [7, 11) is 0. The van der Waals surface area contributed by atoms with Crippen molar-refractivity contribution in [3.8, 4) is 0 Å². The predicted molar refractivity (Wildman–Crippen MR) is 23.9 cm³/mol. The summed E-state index contributed by atoms with van der Waals surface area (Å²) in [5, 5.41) is 0. The zero-order chi connectivity index (χ0) is 5.28. The fourth-order valence-corrected chi connectivity index (χ4v) is 0.354. The van der Waals surface area contributed by atoms with Gasteiger partial charge in [-0.05, 0) is 6.92 Å². The van der Waals surface area contributed by atoms with Gasteiger partial charge in [0, 0.05) is 0 Å². The van der Waals surface area contributed by atoms with Crippen LogP contribution in [0.25, 0.3) is 0 Å². The molecule has 0 fully saturated rings. The molecule has 0 atom stereocenters. The van der Waals surface area contributed by atoms with Gasteiger partial charge in [0.05, 0.1) is 0 Å². The van der Waals surface area contributed by atoms with E-state index in [1.807, 2.05) is 0 Å². The second-order valence-corrected chi connectivity index (χ2v) is 1.33. The van der Waals surface area contributed by atoms with Crippen molar-refractivity contribution in [3.63, 3.8) is 0 Å². The van der Waals surface area contributed by atoms with Gasteiger partial charge < -0.3 is 15.2 Å². The Labute approximate surface area is 41.7 Å². The summed E-state index contributed by atoms with van der Waals surface area (Å²) in [6.45, 7) is 2.04.